The third-order valence-electron chi connectivity index (χ3n) is 4.02. The van der Waals surface area contributed by atoms with Crippen LogP contribution in [0, 0.1) is 5.82 Å². The molecule has 29 heavy (non-hydrogen) atoms. The monoisotopic (exact) mass is 456 g/mol. The molecule has 0 radical (unpaired) electrons. The summed E-state index contributed by atoms with van der Waals surface area (Å²) in [5.41, 5.74) is 2.53. The summed E-state index contributed by atoms with van der Waals surface area (Å²) in [6.45, 7) is 9.54. The molecule has 0 N–H and O–H groups in total. The summed E-state index contributed by atoms with van der Waals surface area (Å²) in [5, 5.41) is -0.384. The number of amidine groups is 1. The van der Waals surface area contributed by atoms with Crippen molar-refractivity contribution in [1.29, 1.82) is 0 Å². The predicted octanol–water partition coefficient (Wildman–Crippen LogP) is 5.35. The first-order chi connectivity index (χ1) is 13.8. The molecule has 5 nitrogen and oxygen atoms in total. The Morgan fingerprint density at radius 1 is 1.34 bits per heavy atom. The van der Waals surface area contributed by atoms with Gasteiger partial charge in [-0.3, -0.25) is 14.8 Å². The summed E-state index contributed by atoms with van der Waals surface area (Å²) in [5.74, 6) is -0.387. The summed E-state index contributed by atoms with van der Waals surface area (Å²) in [6, 6.07) is 2.76. The molecular formula is C20H23Cl2FN4OS. The van der Waals surface area contributed by atoms with Crippen molar-refractivity contribution in [2.24, 2.45) is 4.99 Å². The zero-order chi connectivity index (χ0) is 21.6. The highest BCUT2D eigenvalue weighted by atomic mass is 35.5. The lowest BCUT2D eigenvalue weighted by atomic mass is 10.1. The fraction of sp³-hybridized carbons (Fsp3) is 0.350. The Labute approximate surface area is 184 Å². The van der Waals surface area contributed by atoms with Crippen LogP contribution in [0.2, 0.25) is 10.0 Å². The highest BCUT2D eigenvalue weighted by Crippen LogP contribution is 2.28. The normalized spacial score (nSPS) is 14.6. The van der Waals surface area contributed by atoms with Gasteiger partial charge in [-0.1, -0.05) is 50.0 Å². The van der Waals surface area contributed by atoms with Crippen LogP contribution in [0.25, 0.3) is 0 Å². The van der Waals surface area contributed by atoms with E-state index in [4.69, 9.17) is 23.2 Å². The molecule has 156 valence electrons. The van der Waals surface area contributed by atoms with E-state index >= 15 is 0 Å². The van der Waals surface area contributed by atoms with E-state index in [0.717, 1.165) is 10.7 Å². The van der Waals surface area contributed by atoms with Crippen molar-refractivity contribution in [3.63, 3.8) is 0 Å². The van der Waals surface area contributed by atoms with E-state index in [2.05, 4.69) is 30.4 Å². The summed E-state index contributed by atoms with van der Waals surface area (Å²) < 4.78 is 13.9. The van der Waals surface area contributed by atoms with Crippen LogP contribution in [-0.4, -0.2) is 53.2 Å². The zero-order valence-electron chi connectivity index (χ0n) is 16.6. The maximum absolute atomic E-state index is 13.9. The molecule has 2 aromatic rings. The van der Waals surface area contributed by atoms with Gasteiger partial charge in [0.05, 0.1) is 32.5 Å². The van der Waals surface area contributed by atoms with E-state index in [1.807, 2.05) is 4.90 Å². The number of amides is 1. The van der Waals surface area contributed by atoms with E-state index < -0.39 is 5.82 Å². The SMILES string of the molecule is C=C1CN(C(=O)c2ccc(Cl)c(F)c2Cl)CCN1C(=NC)c1cncs1.CCC. The lowest BCUT2D eigenvalue weighted by molar-refractivity contribution is 0.0728. The van der Waals surface area contributed by atoms with Crippen LogP contribution in [-0.2, 0) is 0 Å². The molecule has 0 saturated carbocycles. The number of hydrogen-bond donors (Lipinski definition) is 0. The van der Waals surface area contributed by atoms with Gasteiger partial charge in [0.25, 0.3) is 5.91 Å². The molecule has 1 fully saturated rings. The Bertz CT molecular complexity index is 902. The number of benzene rings is 1. The number of carbonyl (C=O) groups excluding carboxylic acids is 1. The molecule has 1 aromatic carbocycles. The smallest absolute Gasteiger partial charge is 0.255 e. The number of nitrogens with zero attached hydrogens (tertiary/aromatic N) is 4. The van der Waals surface area contributed by atoms with Crippen LogP contribution in [0.3, 0.4) is 0 Å². The molecule has 0 unspecified atom stereocenters. The Hall–Kier alpha value is -1.96. The van der Waals surface area contributed by atoms with Crippen molar-refractivity contribution in [2.75, 3.05) is 26.7 Å². The van der Waals surface area contributed by atoms with Gasteiger partial charge in [-0.05, 0) is 12.1 Å². The highest BCUT2D eigenvalue weighted by molar-refractivity contribution is 7.11. The molecule has 0 spiro atoms. The van der Waals surface area contributed by atoms with E-state index in [0.29, 0.717) is 18.8 Å². The fourth-order valence-electron chi connectivity index (χ4n) is 2.74. The number of aliphatic imine (C=N–C) groups is 1. The van der Waals surface area contributed by atoms with Crippen molar-refractivity contribution in [3.05, 3.63) is 62.4 Å². The summed E-state index contributed by atoms with van der Waals surface area (Å²) in [4.78, 5) is 25.6. The molecule has 0 aliphatic carbocycles. The molecule has 3 rings (SSSR count). The van der Waals surface area contributed by atoms with E-state index in [-0.39, 0.29) is 28.1 Å². The first-order valence-corrected chi connectivity index (χ1v) is 10.7. The Balaban J connectivity index is 0.000000941. The summed E-state index contributed by atoms with van der Waals surface area (Å²) in [6.07, 6.45) is 2.99. The van der Waals surface area contributed by atoms with Crippen LogP contribution in [0.4, 0.5) is 4.39 Å². The van der Waals surface area contributed by atoms with Crippen molar-refractivity contribution in [3.8, 4) is 0 Å². The van der Waals surface area contributed by atoms with Gasteiger partial charge in [0.2, 0.25) is 0 Å². The van der Waals surface area contributed by atoms with Crippen LogP contribution in [0.5, 0.6) is 0 Å². The maximum Gasteiger partial charge on any atom is 0.255 e. The van der Waals surface area contributed by atoms with Gasteiger partial charge in [-0.15, -0.1) is 11.3 Å². The number of thiazole rings is 1. The highest BCUT2D eigenvalue weighted by Gasteiger charge is 2.29. The number of aromatic nitrogens is 1. The van der Waals surface area contributed by atoms with Crippen LogP contribution < -0.4 is 0 Å². The molecule has 9 heteroatoms. The predicted molar refractivity (Wildman–Crippen MR) is 119 cm³/mol. The van der Waals surface area contributed by atoms with E-state index in [1.54, 1.807) is 23.7 Å². The number of halogens is 3. The largest absolute Gasteiger partial charge is 0.331 e. The molecule has 0 atom stereocenters. The first-order valence-electron chi connectivity index (χ1n) is 9.09. The number of carbonyl (C=O) groups is 1. The second-order valence-electron chi connectivity index (χ2n) is 6.29. The van der Waals surface area contributed by atoms with E-state index in [9.17, 15) is 9.18 Å². The third-order valence-corrected chi connectivity index (χ3v) is 5.45. The molecule has 1 aromatic heterocycles. The quantitative estimate of drug-likeness (QED) is 0.347. The van der Waals surface area contributed by atoms with Crippen LogP contribution >= 0.6 is 34.5 Å². The Morgan fingerprint density at radius 2 is 2.03 bits per heavy atom. The van der Waals surface area contributed by atoms with Crippen molar-refractivity contribution < 1.29 is 9.18 Å². The molecule has 1 amide bonds. The van der Waals surface area contributed by atoms with Crippen molar-refractivity contribution >= 4 is 46.3 Å². The molecule has 2 heterocycles. The zero-order valence-corrected chi connectivity index (χ0v) is 18.9. The number of piperazine rings is 1. The molecular weight excluding hydrogens is 434 g/mol. The topological polar surface area (TPSA) is 48.8 Å². The number of rotatable bonds is 2. The van der Waals surface area contributed by atoms with Crippen LogP contribution in [0.15, 0.2) is 41.1 Å². The molecule has 1 aliphatic heterocycles. The average molecular weight is 457 g/mol. The van der Waals surface area contributed by atoms with Gasteiger partial charge < -0.3 is 9.80 Å². The molecule has 1 saturated heterocycles. The van der Waals surface area contributed by atoms with Crippen molar-refractivity contribution in [1.82, 2.24) is 14.8 Å². The third kappa shape index (κ3) is 5.35. The molecule has 0 bridgehead atoms. The van der Waals surface area contributed by atoms with Gasteiger partial charge in [-0.25, -0.2) is 4.39 Å². The molecule has 1 aliphatic rings. The fourth-order valence-corrected chi connectivity index (χ4v) is 3.86. The Morgan fingerprint density at radius 3 is 2.59 bits per heavy atom. The minimum atomic E-state index is -0.790. The van der Waals surface area contributed by atoms with E-state index in [1.165, 1.54) is 29.9 Å². The standard InChI is InChI=1S/C17H15Cl2FN4OS.C3H8/c1-10-8-23(17(25)11-3-4-12(18)15(20)14(11)19)5-6-24(10)16(21-2)13-7-22-9-26-13;1-3-2/h3-4,7,9H,1,5-6,8H2,2H3;3H2,1-2H3. The van der Waals surface area contributed by atoms with Gasteiger partial charge in [0, 0.05) is 32.0 Å². The first kappa shape index (κ1) is 23.3. The maximum atomic E-state index is 13.9. The summed E-state index contributed by atoms with van der Waals surface area (Å²) in [7, 11) is 1.70. The minimum Gasteiger partial charge on any atom is -0.331 e. The second-order valence-corrected chi connectivity index (χ2v) is 7.96. The summed E-state index contributed by atoms with van der Waals surface area (Å²) >= 11 is 13.1. The minimum absolute atomic E-state index is 0.0849. The van der Waals surface area contributed by atoms with Gasteiger partial charge in [0.15, 0.2) is 5.82 Å². The van der Waals surface area contributed by atoms with Gasteiger partial charge >= 0.3 is 0 Å². The second kappa shape index (κ2) is 10.7. The average Bonchev–Trinajstić information content (AvgIpc) is 3.22. The van der Waals surface area contributed by atoms with Crippen molar-refractivity contribution in [2.45, 2.75) is 20.3 Å². The Kier molecular flexibility index (Phi) is 8.61. The lowest BCUT2D eigenvalue weighted by Gasteiger charge is -2.37. The number of hydrogen-bond acceptors (Lipinski definition) is 4. The van der Waals surface area contributed by atoms with Gasteiger partial charge in [-0.2, -0.15) is 0 Å². The van der Waals surface area contributed by atoms with Crippen LogP contribution in [0.1, 0.15) is 35.5 Å². The lowest BCUT2D eigenvalue weighted by Crippen LogP contribution is -2.49. The van der Waals surface area contributed by atoms with Gasteiger partial charge in [0.1, 0.15) is 5.84 Å².